The number of fused-ring (bicyclic) bond motifs is 1. The van der Waals surface area contributed by atoms with Crippen molar-refractivity contribution in [3.63, 3.8) is 0 Å². The van der Waals surface area contributed by atoms with Crippen molar-refractivity contribution in [1.29, 1.82) is 0 Å². The van der Waals surface area contributed by atoms with Crippen LogP contribution in [0.5, 0.6) is 0 Å². The van der Waals surface area contributed by atoms with E-state index in [1.54, 1.807) is 11.3 Å². The largest absolute Gasteiger partial charge is 0.326 e. The summed E-state index contributed by atoms with van der Waals surface area (Å²) in [6.45, 7) is 2.04. The molecule has 0 spiro atoms. The van der Waals surface area contributed by atoms with Crippen LogP contribution in [0.4, 0.5) is 0 Å². The molecular weight excluding hydrogens is 204 g/mol. The minimum absolute atomic E-state index is 0.119. The molecule has 0 fully saturated rings. The average molecular weight is 220 g/mol. The number of rotatable bonds is 3. The van der Waals surface area contributed by atoms with E-state index in [1.165, 1.54) is 15.6 Å². The Morgan fingerprint density at radius 3 is 2.73 bits per heavy atom. The van der Waals surface area contributed by atoms with Gasteiger partial charge in [-0.05, 0) is 36.4 Å². The van der Waals surface area contributed by atoms with Crippen LogP contribution in [0.15, 0.2) is 29.6 Å². The predicted molar refractivity (Wildman–Crippen MR) is 67.3 cm³/mol. The van der Waals surface area contributed by atoms with Gasteiger partial charge in [-0.1, -0.05) is 18.2 Å². The van der Waals surface area contributed by atoms with Crippen molar-refractivity contribution in [1.82, 2.24) is 5.32 Å². The molecule has 2 rings (SSSR count). The van der Waals surface area contributed by atoms with Crippen LogP contribution in [-0.4, -0.2) is 13.1 Å². The topological polar surface area (TPSA) is 38.0 Å². The third kappa shape index (κ3) is 1.91. The Balaban J connectivity index is 2.51. The Morgan fingerprint density at radius 1 is 1.33 bits per heavy atom. The van der Waals surface area contributed by atoms with Crippen molar-refractivity contribution in [2.75, 3.05) is 7.05 Å². The summed E-state index contributed by atoms with van der Waals surface area (Å²) in [5.41, 5.74) is 7.28. The first-order valence-electron chi connectivity index (χ1n) is 5.13. The first-order chi connectivity index (χ1) is 7.24. The van der Waals surface area contributed by atoms with Gasteiger partial charge in [-0.2, -0.15) is 0 Å². The van der Waals surface area contributed by atoms with E-state index >= 15 is 0 Å². The summed E-state index contributed by atoms with van der Waals surface area (Å²) in [5.74, 6) is 0. The average Bonchev–Trinajstić information content (AvgIpc) is 2.63. The maximum atomic E-state index is 5.97. The number of benzene rings is 1. The third-order valence-electron chi connectivity index (χ3n) is 2.68. The van der Waals surface area contributed by atoms with Crippen molar-refractivity contribution in [3.8, 4) is 0 Å². The monoisotopic (exact) mass is 220 g/mol. The molecule has 80 valence electrons. The Labute approximate surface area is 94.1 Å². The minimum atomic E-state index is 0.119. The van der Waals surface area contributed by atoms with Crippen molar-refractivity contribution in [2.45, 2.75) is 19.0 Å². The van der Waals surface area contributed by atoms with Crippen LogP contribution in [0.3, 0.4) is 0 Å². The summed E-state index contributed by atoms with van der Waals surface area (Å²) in [6, 6.07) is 8.81. The molecule has 0 bridgehead atoms. The molecule has 15 heavy (non-hydrogen) atoms. The molecule has 2 unspecified atom stereocenters. The number of nitrogens with two attached hydrogens (primary N) is 1. The number of thiophene rings is 1. The Hall–Kier alpha value is -0.900. The highest BCUT2D eigenvalue weighted by Gasteiger charge is 2.17. The summed E-state index contributed by atoms with van der Waals surface area (Å²) in [7, 11) is 1.96. The quantitative estimate of drug-likeness (QED) is 0.834. The lowest BCUT2D eigenvalue weighted by Crippen LogP contribution is -2.33. The van der Waals surface area contributed by atoms with Gasteiger partial charge in [-0.25, -0.2) is 0 Å². The van der Waals surface area contributed by atoms with Crippen LogP contribution in [0, 0.1) is 0 Å². The lowest BCUT2D eigenvalue weighted by atomic mass is 10.0. The Morgan fingerprint density at radius 2 is 2.07 bits per heavy atom. The second kappa shape index (κ2) is 4.31. The molecule has 0 amide bonds. The van der Waals surface area contributed by atoms with Gasteiger partial charge in [0.05, 0.1) is 0 Å². The fraction of sp³-hybridized carbons (Fsp3) is 0.333. The molecule has 0 saturated carbocycles. The Kier molecular flexibility index (Phi) is 3.05. The molecule has 0 aliphatic heterocycles. The Bertz CT molecular complexity index is 448. The second-order valence-corrected chi connectivity index (χ2v) is 4.72. The molecular formula is C12H16N2S. The molecule has 1 aromatic heterocycles. The first-order valence-corrected chi connectivity index (χ1v) is 6.01. The zero-order chi connectivity index (χ0) is 10.8. The van der Waals surface area contributed by atoms with Gasteiger partial charge in [0.15, 0.2) is 0 Å². The van der Waals surface area contributed by atoms with Crippen molar-refractivity contribution in [2.24, 2.45) is 5.73 Å². The highest BCUT2D eigenvalue weighted by atomic mass is 32.1. The summed E-state index contributed by atoms with van der Waals surface area (Å²) >= 11 is 1.78. The molecule has 0 aliphatic carbocycles. The van der Waals surface area contributed by atoms with Gasteiger partial charge < -0.3 is 11.1 Å². The molecule has 2 nitrogen and oxygen atoms in total. The van der Waals surface area contributed by atoms with Gasteiger partial charge in [0.2, 0.25) is 0 Å². The van der Waals surface area contributed by atoms with E-state index in [2.05, 4.69) is 35.0 Å². The maximum absolute atomic E-state index is 5.97. The SMILES string of the molecule is CNC(c1csc2ccccc12)C(C)N. The fourth-order valence-electron chi connectivity index (χ4n) is 1.94. The summed E-state index contributed by atoms with van der Waals surface area (Å²) < 4.78 is 1.33. The summed E-state index contributed by atoms with van der Waals surface area (Å²) in [6.07, 6.45) is 0. The zero-order valence-corrected chi connectivity index (χ0v) is 9.84. The number of hydrogen-bond acceptors (Lipinski definition) is 3. The van der Waals surface area contributed by atoms with Crippen molar-refractivity contribution >= 4 is 21.4 Å². The van der Waals surface area contributed by atoms with E-state index in [4.69, 9.17) is 5.73 Å². The van der Waals surface area contributed by atoms with E-state index in [9.17, 15) is 0 Å². The normalized spacial score (nSPS) is 15.4. The van der Waals surface area contributed by atoms with Gasteiger partial charge in [-0.15, -0.1) is 11.3 Å². The van der Waals surface area contributed by atoms with Crippen LogP contribution in [0.2, 0.25) is 0 Å². The molecule has 1 heterocycles. The van der Waals surface area contributed by atoms with E-state index in [0.29, 0.717) is 0 Å². The van der Waals surface area contributed by atoms with Crippen LogP contribution in [0.1, 0.15) is 18.5 Å². The van der Waals surface area contributed by atoms with Gasteiger partial charge in [0, 0.05) is 16.8 Å². The van der Waals surface area contributed by atoms with Gasteiger partial charge >= 0.3 is 0 Å². The van der Waals surface area contributed by atoms with E-state index in [-0.39, 0.29) is 12.1 Å². The highest BCUT2D eigenvalue weighted by Crippen LogP contribution is 2.30. The first kappa shape index (κ1) is 10.6. The molecule has 0 saturated heterocycles. The van der Waals surface area contributed by atoms with Gasteiger partial charge in [0.25, 0.3) is 0 Å². The number of hydrogen-bond donors (Lipinski definition) is 2. The summed E-state index contributed by atoms with van der Waals surface area (Å²) in [4.78, 5) is 0. The molecule has 0 radical (unpaired) electrons. The molecule has 2 aromatic rings. The van der Waals surface area contributed by atoms with Crippen LogP contribution in [0.25, 0.3) is 10.1 Å². The van der Waals surface area contributed by atoms with Gasteiger partial charge in [0.1, 0.15) is 0 Å². The molecule has 3 heteroatoms. The predicted octanol–water partition coefficient (Wildman–Crippen LogP) is 2.51. The lowest BCUT2D eigenvalue weighted by Gasteiger charge is -2.19. The van der Waals surface area contributed by atoms with E-state index < -0.39 is 0 Å². The van der Waals surface area contributed by atoms with Gasteiger partial charge in [-0.3, -0.25) is 0 Å². The summed E-state index contributed by atoms with van der Waals surface area (Å²) in [5, 5.41) is 6.80. The maximum Gasteiger partial charge on any atom is 0.0483 e. The second-order valence-electron chi connectivity index (χ2n) is 3.81. The smallest absolute Gasteiger partial charge is 0.0483 e. The van der Waals surface area contributed by atoms with E-state index in [1.807, 2.05) is 14.0 Å². The van der Waals surface area contributed by atoms with Crippen LogP contribution in [-0.2, 0) is 0 Å². The van der Waals surface area contributed by atoms with Crippen molar-refractivity contribution in [3.05, 3.63) is 35.2 Å². The number of likely N-dealkylation sites (N-methyl/N-ethyl adjacent to an activating group) is 1. The van der Waals surface area contributed by atoms with Crippen molar-refractivity contribution < 1.29 is 0 Å². The standard InChI is InChI=1S/C12H16N2S/c1-8(13)12(14-2)10-7-15-11-6-4-3-5-9(10)11/h3-8,12,14H,13H2,1-2H3. The lowest BCUT2D eigenvalue weighted by molar-refractivity contribution is 0.508. The number of nitrogens with one attached hydrogen (secondary N) is 1. The molecule has 3 N–H and O–H groups in total. The van der Waals surface area contributed by atoms with Crippen LogP contribution < -0.4 is 11.1 Å². The van der Waals surface area contributed by atoms with Crippen LogP contribution >= 0.6 is 11.3 Å². The highest BCUT2D eigenvalue weighted by molar-refractivity contribution is 7.17. The molecule has 2 atom stereocenters. The fourth-order valence-corrected chi connectivity index (χ4v) is 2.94. The zero-order valence-electron chi connectivity index (χ0n) is 9.03. The third-order valence-corrected chi connectivity index (χ3v) is 3.66. The minimum Gasteiger partial charge on any atom is -0.326 e. The molecule has 1 aromatic carbocycles. The molecule has 0 aliphatic rings. The van der Waals surface area contributed by atoms with E-state index in [0.717, 1.165) is 0 Å².